The lowest BCUT2D eigenvalue weighted by molar-refractivity contribution is -0.128. The van der Waals surface area contributed by atoms with Crippen LogP contribution in [-0.4, -0.2) is 77.6 Å². The number of β-amino-alcohol motifs (C(OH)–C–C–N with tert-alkyl or cyclic N) is 1. The molecule has 0 bridgehead atoms. The summed E-state index contributed by atoms with van der Waals surface area (Å²) >= 11 is 0. The van der Waals surface area contributed by atoms with Gasteiger partial charge in [-0.3, -0.25) is 14.6 Å². The van der Waals surface area contributed by atoms with Gasteiger partial charge in [-0.25, -0.2) is 0 Å². The van der Waals surface area contributed by atoms with Crippen molar-refractivity contribution in [2.75, 3.05) is 45.8 Å². The summed E-state index contributed by atoms with van der Waals surface area (Å²) in [5, 5.41) is 10.5. The second-order valence-electron chi connectivity index (χ2n) is 7.59. The molecule has 2 aliphatic rings. The van der Waals surface area contributed by atoms with E-state index in [4.69, 9.17) is 0 Å². The largest absolute Gasteiger partial charge is 0.387 e. The average Bonchev–Trinajstić information content (AvgIpc) is 2.82. The Kier molecular flexibility index (Phi) is 6.10. The summed E-state index contributed by atoms with van der Waals surface area (Å²) < 4.78 is 0. The molecule has 1 amide bonds. The molecule has 0 unspecified atom stereocenters. The van der Waals surface area contributed by atoms with E-state index < -0.39 is 6.10 Å². The van der Waals surface area contributed by atoms with E-state index in [0.29, 0.717) is 18.5 Å². The van der Waals surface area contributed by atoms with Gasteiger partial charge in [0.1, 0.15) is 0 Å². The average molecular weight is 345 g/mol. The summed E-state index contributed by atoms with van der Waals surface area (Å²) in [4.78, 5) is 18.5. The zero-order valence-corrected chi connectivity index (χ0v) is 15.5. The summed E-state index contributed by atoms with van der Waals surface area (Å²) in [6.45, 7) is 10.4. The minimum absolute atomic E-state index is 0.189. The predicted molar refractivity (Wildman–Crippen MR) is 99.2 cm³/mol. The molecule has 2 fully saturated rings. The molecule has 5 nitrogen and oxygen atoms in total. The van der Waals surface area contributed by atoms with E-state index in [1.54, 1.807) is 6.92 Å². The maximum Gasteiger partial charge on any atom is 0.219 e. The van der Waals surface area contributed by atoms with E-state index >= 15 is 0 Å². The highest BCUT2D eigenvalue weighted by Crippen LogP contribution is 2.25. The Hall–Kier alpha value is -1.43. The highest BCUT2D eigenvalue weighted by molar-refractivity contribution is 5.73. The molecular weight excluding hydrogens is 314 g/mol. The number of likely N-dealkylation sites (tertiary alicyclic amines) is 1. The molecule has 3 atom stereocenters. The lowest BCUT2D eigenvalue weighted by Crippen LogP contribution is -2.43. The molecule has 25 heavy (non-hydrogen) atoms. The molecule has 2 heterocycles. The monoisotopic (exact) mass is 345 g/mol. The summed E-state index contributed by atoms with van der Waals surface area (Å²) in [5.41, 5.74) is 0.991. The minimum Gasteiger partial charge on any atom is -0.387 e. The molecule has 0 saturated carbocycles. The van der Waals surface area contributed by atoms with Gasteiger partial charge >= 0.3 is 0 Å². The first-order valence-corrected chi connectivity index (χ1v) is 9.49. The lowest BCUT2D eigenvalue weighted by atomic mass is 10.0. The summed E-state index contributed by atoms with van der Waals surface area (Å²) in [7, 11) is 0. The Morgan fingerprint density at radius 1 is 1.16 bits per heavy atom. The van der Waals surface area contributed by atoms with Crippen LogP contribution in [0, 0.1) is 5.92 Å². The van der Waals surface area contributed by atoms with Crippen LogP contribution in [0.2, 0.25) is 0 Å². The molecule has 1 aromatic carbocycles. The van der Waals surface area contributed by atoms with Crippen LogP contribution >= 0.6 is 0 Å². The van der Waals surface area contributed by atoms with Crippen LogP contribution in [0.25, 0.3) is 0 Å². The van der Waals surface area contributed by atoms with Crippen LogP contribution < -0.4 is 0 Å². The number of aliphatic hydroxyl groups excluding tert-OH is 1. The molecule has 2 aliphatic heterocycles. The molecule has 1 aromatic rings. The van der Waals surface area contributed by atoms with E-state index in [1.807, 2.05) is 35.2 Å². The van der Waals surface area contributed by atoms with Crippen LogP contribution in [0.5, 0.6) is 0 Å². The third kappa shape index (κ3) is 4.60. The maximum absolute atomic E-state index is 11.6. The Balaban J connectivity index is 1.55. The first kappa shape index (κ1) is 18.4. The van der Waals surface area contributed by atoms with E-state index in [2.05, 4.69) is 16.7 Å². The number of carbonyl (C=O) groups excluding carboxylic acids is 1. The Morgan fingerprint density at radius 2 is 1.92 bits per heavy atom. The topological polar surface area (TPSA) is 47.0 Å². The van der Waals surface area contributed by atoms with E-state index in [-0.39, 0.29) is 5.91 Å². The zero-order chi connectivity index (χ0) is 17.8. The van der Waals surface area contributed by atoms with Gasteiger partial charge < -0.3 is 10.0 Å². The highest BCUT2D eigenvalue weighted by atomic mass is 16.3. The highest BCUT2D eigenvalue weighted by Gasteiger charge is 2.35. The first-order valence-electron chi connectivity index (χ1n) is 9.49. The molecule has 0 aromatic heterocycles. The first-order chi connectivity index (χ1) is 12.0. The fourth-order valence-electron chi connectivity index (χ4n) is 4.28. The van der Waals surface area contributed by atoms with Crippen molar-refractivity contribution in [3.8, 4) is 0 Å². The molecule has 0 radical (unpaired) electrons. The van der Waals surface area contributed by atoms with Gasteiger partial charge in [0.15, 0.2) is 0 Å². The fraction of sp³-hybridized carbons (Fsp3) is 0.650. The smallest absolute Gasteiger partial charge is 0.219 e. The van der Waals surface area contributed by atoms with Crippen LogP contribution in [0.4, 0.5) is 0 Å². The number of nitrogens with zero attached hydrogens (tertiary/aromatic N) is 3. The number of aliphatic hydroxyl groups is 1. The SMILES string of the molecule is CC(=O)N1CCCN([C@@H]2CN(C[C@H](O)c3ccccc3)C[C@H]2C)CC1. The number of amides is 1. The van der Waals surface area contributed by atoms with Crippen molar-refractivity contribution in [1.82, 2.24) is 14.7 Å². The maximum atomic E-state index is 11.6. The van der Waals surface area contributed by atoms with Gasteiger partial charge in [0, 0.05) is 58.8 Å². The zero-order valence-electron chi connectivity index (χ0n) is 15.5. The Morgan fingerprint density at radius 3 is 2.64 bits per heavy atom. The second-order valence-corrected chi connectivity index (χ2v) is 7.59. The van der Waals surface area contributed by atoms with Gasteiger partial charge in [0.05, 0.1) is 6.10 Å². The molecule has 5 heteroatoms. The van der Waals surface area contributed by atoms with Crippen molar-refractivity contribution in [2.45, 2.75) is 32.4 Å². The number of carbonyl (C=O) groups is 1. The van der Waals surface area contributed by atoms with Gasteiger partial charge in [-0.15, -0.1) is 0 Å². The third-order valence-corrected chi connectivity index (χ3v) is 5.71. The van der Waals surface area contributed by atoms with Crippen molar-refractivity contribution < 1.29 is 9.90 Å². The molecule has 0 aliphatic carbocycles. The molecule has 3 rings (SSSR count). The molecule has 138 valence electrons. The standard InChI is InChI=1S/C20H31N3O2/c1-16-13-21(15-20(25)18-7-4-3-5-8-18)14-19(16)23-10-6-9-22(11-12-23)17(2)24/h3-5,7-8,16,19-20,25H,6,9-15H2,1-2H3/t16-,19-,20+/m1/s1. The Labute approximate surface area is 151 Å². The summed E-state index contributed by atoms with van der Waals surface area (Å²) in [6.07, 6.45) is 0.625. The summed E-state index contributed by atoms with van der Waals surface area (Å²) in [6, 6.07) is 10.4. The fourth-order valence-corrected chi connectivity index (χ4v) is 4.28. The number of hydrogen-bond donors (Lipinski definition) is 1. The van der Waals surface area contributed by atoms with Crippen LogP contribution in [0.1, 0.15) is 31.9 Å². The van der Waals surface area contributed by atoms with Crippen molar-refractivity contribution in [1.29, 1.82) is 0 Å². The van der Waals surface area contributed by atoms with Crippen LogP contribution in [0.15, 0.2) is 30.3 Å². The normalized spacial score (nSPS) is 27.2. The molecule has 0 spiro atoms. The van der Waals surface area contributed by atoms with Crippen molar-refractivity contribution in [3.63, 3.8) is 0 Å². The van der Waals surface area contributed by atoms with Crippen LogP contribution in [0.3, 0.4) is 0 Å². The summed E-state index contributed by atoms with van der Waals surface area (Å²) in [5.74, 6) is 0.779. The second kappa shape index (κ2) is 8.30. The number of benzene rings is 1. The van der Waals surface area contributed by atoms with Gasteiger partial charge in [-0.2, -0.15) is 0 Å². The lowest BCUT2D eigenvalue weighted by Gasteiger charge is -2.30. The van der Waals surface area contributed by atoms with Crippen LogP contribution in [-0.2, 0) is 4.79 Å². The van der Waals surface area contributed by atoms with E-state index in [9.17, 15) is 9.90 Å². The predicted octanol–water partition coefficient (Wildman–Crippen LogP) is 1.59. The van der Waals surface area contributed by atoms with E-state index in [0.717, 1.165) is 51.3 Å². The van der Waals surface area contributed by atoms with E-state index in [1.165, 1.54) is 0 Å². The number of rotatable bonds is 4. The third-order valence-electron chi connectivity index (χ3n) is 5.71. The Bertz CT molecular complexity index is 565. The van der Waals surface area contributed by atoms with Crippen molar-refractivity contribution >= 4 is 5.91 Å². The van der Waals surface area contributed by atoms with Gasteiger partial charge in [0.25, 0.3) is 0 Å². The van der Waals surface area contributed by atoms with Crippen molar-refractivity contribution in [2.24, 2.45) is 5.92 Å². The van der Waals surface area contributed by atoms with Gasteiger partial charge in [-0.05, 0) is 17.9 Å². The van der Waals surface area contributed by atoms with Gasteiger partial charge in [-0.1, -0.05) is 37.3 Å². The molecular formula is C20H31N3O2. The molecule has 1 N–H and O–H groups in total. The molecule has 2 saturated heterocycles. The van der Waals surface area contributed by atoms with Gasteiger partial charge in [0.2, 0.25) is 5.91 Å². The van der Waals surface area contributed by atoms with Crippen molar-refractivity contribution in [3.05, 3.63) is 35.9 Å². The quantitative estimate of drug-likeness (QED) is 0.900. The number of hydrogen-bond acceptors (Lipinski definition) is 4. The minimum atomic E-state index is -0.426.